The van der Waals surface area contributed by atoms with Crippen molar-refractivity contribution in [1.29, 1.82) is 5.26 Å². The number of halogens is 4. The highest BCUT2D eigenvalue weighted by Gasteiger charge is 2.63. The fraction of sp³-hybridized carbons (Fsp3) is 0.375. The second-order valence-corrected chi connectivity index (χ2v) is 8.35. The van der Waals surface area contributed by atoms with Gasteiger partial charge in [-0.1, -0.05) is 61.9 Å². The molecule has 0 saturated heterocycles. The highest BCUT2D eigenvalue weighted by molar-refractivity contribution is 6.30. The maximum atomic E-state index is 12.9. The second kappa shape index (κ2) is 9.53. The van der Waals surface area contributed by atoms with Crippen LogP contribution in [-0.2, 0) is 4.74 Å². The second-order valence-electron chi connectivity index (χ2n) is 7.95. The summed E-state index contributed by atoms with van der Waals surface area (Å²) in [4.78, 5) is 0. The zero-order valence-electron chi connectivity index (χ0n) is 17.5. The number of nitrogens with zero attached hydrogens (tertiary/aromatic N) is 1. The third-order valence-corrected chi connectivity index (χ3v) is 6.34. The maximum Gasteiger partial charge on any atom is 0.426 e. The van der Waals surface area contributed by atoms with Gasteiger partial charge in [0.2, 0.25) is 0 Å². The molecule has 8 heteroatoms. The van der Waals surface area contributed by atoms with Crippen LogP contribution in [0.3, 0.4) is 0 Å². The van der Waals surface area contributed by atoms with Gasteiger partial charge in [-0.3, -0.25) is 0 Å². The van der Waals surface area contributed by atoms with Crippen LogP contribution in [0.25, 0.3) is 0 Å². The Balaban J connectivity index is 1.74. The number of aliphatic hydroxyl groups excluding tert-OH is 1. The fourth-order valence-corrected chi connectivity index (χ4v) is 4.07. The molecule has 170 valence electrons. The smallest absolute Gasteiger partial charge is 0.426 e. The molecular formula is C24H23ClF3NO3. The van der Waals surface area contributed by atoms with Gasteiger partial charge >= 0.3 is 6.18 Å². The number of ether oxygens (including phenoxy) is 2. The van der Waals surface area contributed by atoms with Crippen molar-refractivity contribution in [2.45, 2.75) is 38.8 Å². The Bertz CT molecular complexity index is 1010. The summed E-state index contributed by atoms with van der Waals surface area (Å²) in [5, 5.41) is 19.0. The number of hydrogen-bond donors (Lipinski definition) is 1. The van der Waals surface area contributed by atoms with E-state index in [0.717, 1.165) is 6.08 Å². The van der Waals surface area contributed by atoms with Gasteiger partial charge in [-0.05, 0) is 47.6 Å². The van der Waals surface area contributed by atoms with Crippen molar-refractivity contribution >= 4 is 11.6 Å². The third kappa shape index (κ3) is 5.26. The van der Waals surface area contributed by atoms with Crippen molar-refractivity contribution in [3.8, 4) is 17.6 Å². The minimum Gasteiger partial charge on any atom is -0.457 e. The van der Waals surface area contributed by atoms with E-state index in [1.807, 2.05) is 31.2 Å². The van der Waals surface area contributed by atoms with Crippen LogP contribution in [0.1, 0.15) is 31.9 Å². The summed E-state index contributed by atoms with van der Waals surface area (Å²) in [5.41, 5.74) is -0.164. The summed E-state index contributed by atoms with van der Waals surface area (Å²) in [6, 6.07) is 17.8. The Morgan fingerprint density at radius 1 is 1.22 bits per heavy atom. The number of alkyl halides is 3. The van der Waals surface area contributed by atoms with Gasteiger partial charge in [0.15, 0.2) is 12.4 Å². The molecule has 2 aromatic carbocycles. The molecular weight excluding hydrogens is 443 g/mol. The van der Waals surface area contributed by atoms with Crippen LogP contribution in [0.2, 0.25) is 0 Å². The van der Waals surface area contributed by atoms with Crippen molar-refractivity contribution in [3.05, 3.63) is 71.3 Å². The Hall–Kier alpha value is -2.53. The SMILES string of the molecule is CCC1(C)[C@H](C(O)O[C@H](C#N)c2cccc(Oc3ccccc3)c2)[C@@H]1/C=C(\Cl)C(F)(F)F. The summed E-state index contributed by atoms with van der Waals surface area (Å²) in [6.45, 7) is 3.59. The number of hydrogen-bond acceptors (Lipinski definition) is 4. The van der Waals surface area contributed by atoms with Crippen LogP contribution in [-0.4, -0.2) is 17.6 Å². The zero-order valence-corrected chi connectivity index (χ0v) is 18.3. The normalized spacial score (nSPS) is 25.0. The lowest BCUT2D eigenvalue weighted by molar-refractivity contribution is -0.141. The Labute approximate surface area is 189 Å². The molecule has 4 nitrogen and oxygen atoms in total. The van der Waals surface area contributed by atoms with E-state index in [1.54, 1.807) is 43.3 Å². The lowest BCUT2D eigenvalue weighted by Crippen LogP contribution is -2.21. The van der Waals surface area contributed by atoms with Crippen LogP contribution < -0.4 is 4.74 Å². The quantitative estimate of drug-likeness (QED) is 0.439. The molecule has 0 aromatic heterocycles. The van der Waals surface area contributed by atoms with Gasteiger partial charge in [0.05, 0.1) is 6.07 Å². The van der Waals surface area contributed by atoms with Crippen molar-refractivity contribution in [2.24, 2.45) is 17.3 Å². The lowest BCUT2D eigenvalue weighted by Gasteiger charge is -2.19. The number of benzene rings is 2. The number of nitriles is 1. The van der Waals surface area contributed by atoms with Crippen molar-refractivity contribution in [3.63, 3.8) is 0 Å². The van der Waals surface area contributed by atoms with E-state index in [9.17, 15) is 23.5 Å². The number of aliphatic hydroxyl groups is 1. The van der Waals surface area contributed by atoms with Gasteiger partial charge in [0.1, 0.15) is 16.5 Å². The Morgan fingerprint density at radius 3 is 2.47 bits per heavy atom. The fourth-order valence-electron chi connectivity index (χ4n) is 3.93. The molecule has 32 heavy (non-hydrogen) atoms. The molecule has 0 heterocycles. The van der Waals surface area contributed by atoms with Gasteiger partial charge in [-0.2, -0.15) is 18.4 Å². The molecule has 0 bridgehead atoms. The van der Waals surface area contributed by atoms with Gasteiger partial charge in [0, 0.05) is 5.92 Å². The first-order valence-corrected chi connectivity index (χ1v) is 10.5. The van der Waals surface area contributed by atoms with E-state index in [1.165, 1.54) is 0 Å². The Kier molecular flexibility index (Phi) is 7.19. The van der Waals surface area contributed by atoms with Gasteiger partial charge in [0.25, 0.3) is 0 Å². The van der Waals surface area contributed by atoms with Crippen molar-refractivity contribution in [1.82, 2.24) is 0 Å². The predicted octanol–water partition coefficient (Wildman–Crippen LogP) is 6.73. The summed E-state index contributed by atoms with van der Waals surface area (Å²) in [6.07, 6.45) is -5.78. The molecule has 2 aromatic rings. The summed E-state index contributed by atoms with van der Waals surface area (Å²) < 4.78 is 49.9. The standard InChI is InChI=1S/C24H23ClF3NO3/c1-3-23(2)18(13-20(25)24(26,27)28)21(23)22(30)32-19(14-29)15-8-7-11-17(12-15)31-16-9-5-4-6-10-16/h4-13,18-19,21-22,30H,3H2,1-2H3/b20-13-/t18-,19+,21-,22?,23?/m0/s1. The van der Waals surface area contributed by atoms with Gasteiger partial charge < -0.3 is 14.6 Å². The zero-order chi connectivity index (χ0) is 23.5. The lowest BCUT2D eigenvalue weighted by atomic mass is 10.0. The highest BCUT2D eigenvalue weighted by atomic mass is 35.5. The highest BCUT2D eigenvalue weighted by Crippen LogP contribution is 2.64. The molecule has 0 radical (unpaired) electrons. The van der Waals surface area contributed by atoms with Crippen LogP contribution in [0.5, 0.6) is 11.5 Å². The first kappa shape index (κ1) is 24.1. The monoisotopic (exact) mass is 465 g/mol. The van der Waals surface area contributed by atoms with E-state index in [4.69, 9.17) is 21.1 Å². The van der Waals surface area contributed by atoms with E-state index in [-0.39, 0.29) is 0 Å². The average molecular weight is 466 g/mol. The van der Waals surface area contributed by atoms with Crippen LogP contribution in [0.15, 0.2) is 65.7 Å². The molecule has 0 amide bonds. The van der Waals surface area contributed by atoms with Gasteiger partial charge in [-0.15, -0.1) is 0 Å². The topological polar surface area (TPSA) is 62.5 Å². The largest absolute Gasteiger partial charge is 0.457 e. The van der Waals surface area contributed by atoms with Crippen LogP contribution >= 0.6 is 11.6 Å². The van der Waals surface area contributed by atoms with Crippen LogP contribution in [0.4, 0.5) is 13.2 Å². The molecule has 3 rings (SSSR count). The minimum atomic E-state index is -4.65. The van der Waals surface area contributed by atoms with Crippen molar-refractivity contribution < 1.29 is 27.8 Å². The molecule has 1 fully saturated rings. The number of allylic oxidation sites excluding steroid dienone is 2. The molecule has 1 aliphatic rings. The summed E-state index contributed by atoms with van der Waals surface area (Å²) in [7, 11) is 0. The molecule has 5 atom stereocenters. The summed E-state index contributed by atoms with van der Waals surface area (Å²) in [5.74, 6) is -0.145. The number of rotatable bonds is 8. The predicted molar refractivity (Wildman–Crippen MR) is 114 cm³/mol. The number of para-hydroxylation sites is 1. The van der Waals surface area contributed by atoms with Crippen molar-refractivity contribution in [2.75, 3.05) is 0 Å². The van der Waals surface area contributed by atoms with E-state index in [0.29, 0.717) is 23.5 Å². The molecule has 1 aliphatic carbocycles. The first-order valence-electron chi connectivity index (χ1n) is 10.1. The maximum absolute atomic E-state index is 12.9. The average Bonchev–Trinajstić information content (AvgIpc) is 3.36. The minimum absolute atomic E-state index is 0.458. The molecule has 1 N–H and O–H groups in total. The third-order valence-electron chi connectivity index (χ3n) is 6.00. The first-order chi connectivity index (χ1) is 15.1. The molecule has 0 spiro atoms. The van der Waals surface area contributed by atoms with Crippen LogP contribution in [0, 0.1) is 28.6 Å². The molecule has 1 saturated carbocycles. The van der Waals surface area contributed by atoms with E-state index in [2.05, 4.69) is 0 Å². The molecule has 2 unspecified atom stereocenters. The van der Waals surface area contributed by atoms with E-state index < -0.39 is 40.9 Å². The summed E-state index contributed by atoms with van der Waals surface area (Å²) >= 11 is 5.41. The Morgan fingerprint density at radius 2 is 1.88 bits per heavy atom. The molecule has 0 aliphatic heterocycles. The van der Waals surface area contributed by atoms with E-state index >= 15 is 0 Å². The van der Waals surface area contributed by atoms with Gasteiger partial charge in [-0.25, -0.2) is 0 Å².